The Labute approximate surface area is 67.9 Å². The van der Waals surface area contributed by atoms with Gasteiger partial charge in [0, 0.05) is 6.42 Å². The van der Waals surface area contributed by atoms with Crippen LogP contribution in [0.15, 0.2) is 0 Å². The monoisotopic (exact) mass is 156 g/mol. The van der Waals surface area contributed by atoms with Crippen LogP contribution < -0.4 is 0 Å². The van der Waals surface area contributed by atoms with Crippen molar-refractivity contribution in [2.45, 2.75) is 39.7 Å². The van der Waals surface area contributed by atoms with E-state index in [0.29, 0.717) is 13.0 Å². The molecule has 1 rings (SSSR count). The lowest BCUT2D eigenvalue weighted by Gasteiger charge is -2.33. The Hall–Kier alpha value is -0.370. The molecule has 2 heteroatoms. The second-order valence-electron chi connectivity index (χ2n) is 4.24. The topological polar surface area (TPSA) is 26.3 Å². The van der Waals surface area contributed by atoms with E-state index in [0.717, 1.165) is 6.42 Å². The molecular formula is C9H16O2. The molecule has 0 aromatic heterocycles. The summed E-state index contributed by atoms with van der Waals surface area (Å²) in [5.41, 5.74) is 0.181. The van der Waals surface area contributed by atoms with Gasteiger partial charge < -0.3 is 4.74 Å². The average Bonchev–Trinajstić information content (AvgIpc) is 1.86. The SMILES string of the molecule is CC(C)(C)C1CCC(=O)CO1. The lowest BCUT2D eigenvalue weighted by atomic mass is 9.85. The van der Waals surface area contributed by atoms with Gasteiger partial charge in [0.05, 0.1) is 6.10 Å². The van der Waals surface area contributed by atoms with Gasteiger partial charge in [-0.05, 0) is 11.8 Å². The number of ketones is 1. The molecule has 1 aliphatic rings. The van der Waals surface area contributed by atoms with Gasteiger partial charge >= 0.3 is 0 Å². The van der Waals surface area contributed by atoms with Gasteiger partial charge in [-0.15, -0.1) is 0 Å². The van der Waals surface area contributed by atoms with E-state index >= 15 is 0 Å². The standard InChI is InChI=1S/C9H16O2/c1-9(2,3)8-5-4-7(10)6-11-8/h8H,4-6H2,1-3H3. The Kier molecular flexibility index (Phi) is 2.33. The van der Waals surface area contributed by atoms with Gasteiger partial charge in [-0.25, -0.2) is 0 Å². The molecule has 0 aliphatic carbocycles. The molecule has 0 aromatic rings. The number of hydrogen-bond donors (Lipinski definition) is 0. The van der Waals surface area contributed by atoms with Crippen molar-refractivity contribution in [1.82, 2.24) is 0 Å². The van der Waals surface area contributed by atoms with Crippen LogP contribution in [0.4, 0.5) is 0 Å². The van der Waals surface area contributed by atoms with Crippen LogP contribution in [0.5, 0.6) is 0 Å². The van der Waals surface area contributed by atoms with Crippen LogP contribution in [0.2, 0.25) is 0 Å². The van der Waals surface area contributed by atoms with Gasteiger partial charge in [-0.3, -0.25) is 4.79 Å². The Balaban J connectivity index is 2.45. The molecule has 0 amide bonds. The minimum absolute atomic E-state index is 0.181. The van der Waals surface area contributed by atoms with E-state index in [2.05, 4.69) is 20.8 Å². The van der Waals surface area contributed by atoms with Gasteiger partial charge in [0.1, 0.15) is 6.61 Å². The second kappa shape index (κ2) is 2.94. The van der Waals surface area contributed by atoms with Gasteiger partial charge in [-0.1, -0.05) is 20.8 Å². The molecule has 64 valence electrons. The summed E-state index contributed by atoms with van der Waals surface area (Å²) in [7, 11) is 0. The molecule has 0 saturated carbocycles. The molecule has 1 heterocycles. The fourth-order valence-electron chi connectivity index (χ4n) is 1.32. The fourth-order valence-corrected chi connectivity index (χ4v) is 1.32. The molecule has 1 atom stereocenters. The highest BCUT2D eigenvalue weighted by Gasteiger charge is 2.29. The third kappa shape index (κ3) is 2.29. The van der Waals surface area contributed by atoms with E-state index in [1.165, 1.54) is 0 Å². The molecule has 1 unspecified atom stereocenters. The molecule has 1 fully saturated rings. The van der Waals surface area contributed by atoms with Crippen molar-refractivity contribution < 1.29 is 9.53 Å². The molecule has 0 radical (unpaired) electrons. The van der Waals surface area contributed by atoms with E-state index in [-0.39, 0.29) is 17.3 Å². The molecule has 2 nitrogen and oxygen atoms in total. The molecule has 0 bridgehead atoms. The molecule has 0 N–H and O–H groups in total. The summed E-state index contributed by atoms with van der Waals surface area (Å²) in [6, 6.07) is 0. The van der Waals surface area contributed by atoms with E-state index in [9.17, 15) is 4.79 Å². The smallest absolute Gasteiger partial charge is 0.158 e. The van der Waals surface area contributed by atoms with Crippen LogP contribution >= 0.6 is 0 Å². The molecule has 0 spiro atoms. The number of carbonyl (C=O) groups is 1. The van der Waals surface area contributed by atoms with Crippen LogP contribution in [0.1, 0.15) is 33.6 Å². The molecule has 11 heavy (non-hydrogen) atoms. The Morgan fingerprint density at radius 2 is 2.09 bits per heavy atom. The second-order valence-corrected chi connectivity index (χ2v) is 4.24. The van der Waals surface area contributed by atoms with Crippen molar-refractivity contribution >= 4 is 5.78 Å². The first-order chi connectivity index (χ1) is 5.00. The van der Waals surface area contributed by atoms with Crippen LogP contribution in [-0.4, -0.2) is 18.5 Å². The molecule has 1 aliphatic heterocycles. The van der Waals surface area contributed by atoms with Crippen LogP contribution in [0.25, 0.3) is 0 Å². The summed E-state index contributed by atoms with van der Waals surface area (Å²) < 4.78 is 5.41. The highest BCUT2D eigenvalue weighted by atomic mass is 16.5. The minimum atomic E-state index is 0.181. The minimum Gasteiger partial charge on any atom is -0.370 e. The highest BCUT2D eigenvalue weighted by molar-refractivity contribution is 5.80. The number of hydrogen-bond acceptors (Lipinski definition) is 2. The van der Waals surface area contributed by atoms with E-state index in [4.69, 9.17) is 4.74 Å². The predicted octanol–water partition coefficient (Wildman–Crippen LogP) is 1.78. The molecular weight excluding hydrogens is 140 g/mol. The Morgan fingerprint density at radius 1 is 1.45 bits per heavy atom. The highest BCUT2D eigenvalue weighted by Crippen LogP contribution is 2.28. The first-order valence-corrected chi connectivity index (χ1v) is 4.13. The lowest BCUT2D eigenvalue weighted by molar-refractivity contribution is -0.136. The van der Waals surface area contributed by atoms with E-state index in [1.807, 2.05) is 0 Å². The van der Waals surface area contributed by atoms with Gasteiger partial charge in [-0.2, -0.15) is 0 Å². The Morgan fingerprint density at radius 3 is 2.45 bits per heavy atom. The van der Waals surface area contributed by atoms with Crippen LogP contribution in [0, 0.1) is 5.41 Å². The third-order valence-electron chi connectivity index (χ3n) is 2.10. The van der Waals surface area contributed by atoms with Gasteiger partial charge in [0.2, 0.25) is 0 Å². The van der Waals surface area contributed by atoms with Crippen molar-refractivity contribution in [1.29, 1.82) is 0 Å². The summed E-state index contributed by atoms with van der Waals surface area (Å²) in [4.78, 5) is 10.8. The molecule has 0 aromatic carbocycles. The maximum Gasteiger partial charge on any atom is 0.158 e. The number of ether oxygens (including phenoxy) is 1. The Bertz CT molecular complexity index is 145. The van der Waals surface area contributed by atoms with Crippen LogP contribution in [-0.2, 0) is 9.53 Å². The van der Waals surface area contributed by atoms with Crippen LogP contribution in [0.3, 0.4) is 0 Å². The van der Waals surface area contributed by atoms with Crippen molar-refractivity contribution in [2.24, 2.45) is 5.41 Å². The maximum atomic E-state index is 10.8. The number of carbonyl (C=O) groups excluding carboxylic acids is 1. The number of rotatable bonds is 0. The quantitative estimate of drug-likeness (QED) is 0.534. The summed E-state index contributed by atoms with van der Waals surface area (Å²) in [6.07, 6.45) is 1.85. The summed E-state index contributed by atoms with van der Waals surface area (Å²) in [5.74, 6) is 0.241. The lowest BCUT2D eigenvalue weighted by Crippen LogP contribution is -2.35. The summed E-state index contributed by atoms with van der Waals surface area (Å²) >= 11 is 0. The zero-order valence-electron chi connectivity index (χ0n) is 7.52. The molecule has 1 saturated heterocycles. The van der Waals surface area contributed by atoms with E-state index < -0.39 is 0 Å². The van der Waals surface area contributed by atoms with Crippen molar-refractivity contribution in [3.63, 3.8) is 0 Å². The fraction of sp³-hybridized carbons (Fsp3) is 0.889. The van der Waals surface area contributed by atoms with Gasteiger partial charge in [0.25, 0.3) is 0 Å². The largest absolute Gasteiger partial charge is 0.370 e. The first-order valence-electron chi connectivity index (χ1n) is 4.13. The van der Waals surface area contributed by atoms with Crippen molar-refractivity contribution in [2.75, 3.05) is 6.61 Å². The van der Waals surface area contributed by atoms with Gasteiger partial charge in [0.15, 0.2) is 5.78 Å². The first kappa shape index (κ1) is 8.72. The predicted molar refractivity (Wildman–Crippen MR) is 43.4 cm³/mol. The maximum absolute atomic E-state index is 10.8. The normalized spacial score (nSPS) is 27.2. The average molecular weight is 156 g/mol. The number of Topliss-reactive ketones (excluding diaryl/α,β-unsaturated/α-hetero) is 1. The zero-order chi connectivity index (χ0) is 8.48. The summed E-state index contributed by atoms with van der Waals surface area (Å²) in [5, 5.41) is 0. The zero-order valence-corrected chi connectivity index (χ0v) is 7.52. The summed E-state index contributed by atoms with van der Waals surface area (Å²) in [6.45, 7) is 6.76. The van der Waals surface area contributed by atoms with Crippen molar-refractivity contribution in [3.05, 3.63) is 0 Å². The van der Waals surface area contributed by atoms with E-state index in [1.54, 1.807) is 0 Å². The van der Waals surface area contributed by atoms with Crippen molar-refractivity contribution in [3.8, 4) is 0 Å². The third-order valence-corrected chi connectivity index (χ3v) is 2.10.